The molecular formula is C19H18N4O5. The number of amides is 1. The summed E-state index contributed by atoms with van der Waals surface area (Å²) >= 11 is 0. The quantitative estimate of drug-likeness (QED) is 0.278. The fraction of sp³-hybridized carbons (Fsp3) is 0.211. The Bertz CT molecular complexity index is 1030. The number of nitrogens with zero attached hydrogens (tertiary/aromatic N) is 2. The van der Waals surface area contributed by atoms with E-state index in [9.17, 15) is 19.7 Å². The molecule has 9 heteroatoms. The summed E-state index contributed by atoms with van der Waals surface area (Å²) in [5.41, 5.74) is 1.27. The number of esters is 1. The molecule has 0 aliphatic rings. The number of fused-ring (bicyclic) bond motifs is 1. The smallest absolute Gasteiger partial charge is 0.338 e. The van der Waals surface area contributed by atoms with Crippen molar-refractivity contribution in [1.29, 1.82) is 0 Å². The number of aromatic nitrogens is 2. The lowest BCUT2D eigenvalue weighted by molar-refractivity contribution is -0.384. The first-order valence-electron chi connectivity index (χ1n) is 8.70. The Morgan fingerprint density at radius 1 is 1.21 bits per heavy atom. The standard InChI is InChI=1S/C19H18N4O5/c1-2-3-10-28-19(25)12-4-6-13(7-5-12)20-18(24)17-15-11-14(23(26)27)8-9-16(15)21-22-17/h4-9,11H,2-3,10H2,1H3,(H,20,24)(H,21,22). The first-order chi connectivity index (χ1) is 13.5. The van der Waals surface area contributed by atoms with Crippen LogP contribution in [0.3, 0.4) is 0 Å². The Kier molecular flexibility index (Phi) is 5.64. The zero-order chi connectivity index (χ0) is 20.1. The first-order valence-corrected chi connectivity index (χ1v) is 8.70. The first kappa shape index (κ1) is 19.0. The second-order valence-electron chi connectivity index (χ2n) is 6.08. The van der Waals surface area contributed by atoms with Gasteiger partial charge in [-0.1, -0.05) is 13.3 Å². The van der Waals surface area contributed by atoms with Gasteiger partial charge in [0.1, 0.15) is 0 Å². The van der Waals surface area contributed by atoms with Gasteiger partial charge in [0.15, 0.2) is 5.69 Å². The van der Waals surface area contributed by atoms with Gasteiger partial charge in [-0.2, -0.15) is 5.10 Å². The summed E-state index contributed by atoms with van der Waals surface area (Å²) < 4.78 is 5.13. The third-order valence-corrected chi connectivity index (χ3v) is 4.08. The number of non-ortho nitro benzene ring substituents is 1. The Morgan fingerprint density at radius 2 is 1.96 bits per heavy atom. The molecule has 3 rings (SSSR count). The molecule has 0 saturated carbocycles. The van der Waals surface area contributed by atoms with Crippen LogP contribution in [0.4, 0.5) is 11.4 Å². The van der Waals surface area contributed by atoms with E-state index in [1.54, 1.807) is 24.3 Å². The van der Waals surface area contributed by atoms with Gasteiger partial charge in [-0.3, -0.25) is 20.0 Å². The minimum atomic E-state index is -0.535. The van der Waals surface area contributed by atoms with Crippen LogP contribution in [0.1, 0.15) is 40.6 Å². The molecule has 0 radical (unpaired) electrons. The molecule has 144 valence electrons. The predicted octanol–water partition coefficient (Wildman–Crippen LogP) is 3.68. The minimum Gasteiger partial charge on any atom is -0.462 e. The number of carbonyl (C=O) groups is 2. The minimum absolute atomic E-state index is 0.0433. The highest BCUT2D eigenvalue weighted by atomic mass is 16.6. The van der Waals surface area contributed by atoms with Crippen LogP contribution in [0.25, 0.3) is 10.9 Å². The largest absolute Gasteiger partial charge is 0.462 e. The number of nitro benzene ring substituents is 1. The van der Waals surface area contributed by atoms with Crippen LogP contribution in [0, 0.1) is 10.1 Å². The van der Waals surface area contributed by atoms with Crippen molar-refractivity contribution in [2.24, 2.45) is 0 Å². The Balaban J connectivity index is 1.73. The zero-order valence-corrected chi connectivity index (χ0v) is 15.1. The number of carbonyl (C=O) groups excluding carboxylic acids is 2. The summed E-state index contributed by atoms with van der Waals surface area (Å²) in [4.78, 5) is 34.8. The van der Waals surface area contributed by atoms with Crippen molar-refractivity contribution >= 4 is 34.2 Å². The van der Waals surface area contributed by atoms with Crippen LogP contribution in [-0.4, -0.2) is 33.6 Å². The number of rotatable bonds is 7. The molecule has 1 amide bonds. The van der Waals surface area contributed by atoms with Crippen molar-refractivity contribution < 1.29 is 19.2 Å². The summed E-state index contributed by atoms with van der Waals surface area (Å²) in [6.07, 6.45) is 1.74. The zero-order valence-electron chi connectivity index (χ0n) is 15.1. The van der Waals surface area contributed by atoms with Crippen molar-refractivity contribution in [3.05, 3.63) is 63.8 Å². The van der Waals surface area contributed by atoms with Gasteiger partial charge >= 0.3 is 5.97 Å². The molecule has 3 aromatic rings. The molecular weight excluding hydrogens is 364 g/mol. The van der Waals surface area contributed by atoms with Gasteiger partial charge in [-0.15, -0.1) is 0 Å². The van der Waals surface area contributed by atoms with E-state index in [1.807, 2.05) is 6.92 Å². The van der Waals surface area contributed by atoms with Crippen molar-refractivity contribution in [3.63, 3.8) is 0 Å². The Hall–Kier alpha value is -3.75. The van der Waals surface area contributed by atoms with Gasteiger partial charge in [0, 0.05) is 23.2 Å². The number of anilines is 1. The third kappa shape index (κ3) is 4.14. The highest BCUT2D eigenvalue weighted by Crippen LogP contribution is 2.23. The van der Waals surface area contributed by atoms with E-state index in [2.05, 4.69) is 15.5 Å². The molecule has 28 heavy (non-hydrogen) atoms. The van der Waals surface area contributed by atoms with Crippen molar-refractivity contribution in [1.82, 2.24) is 10.2 Å². The SMILES string of the molecule is CCCCOC(=O)c1ccc(NC(=O)c2n[nH]c3ccc([N+](=O)[O-])cc23)cc1. The molecule has 0 atom stereocenters. The summed E-state index contributed by atoms with van der Waals surface area (Å²) in [5, 5.41) is 20.6. The number of aromatic amines is 1. The number of hydrogen-bond acceptors (Lipinski definition) is 6. The van der Waals surface area contributed by atoms with E-state index >= 15 is 0 Å². The van der Waals surface area contributed by atoms with E-state index < -0.39 is 16.8 Å². The lowest BCUT2D eigenvalue weighted by atomic mass is 10.1. The fourth-order valence-corrected chi connectivity index (χ4v) is 2.56. The van der Waals surface area contributed by atoms with Crippen molar-refractivity contribution in [2.45, 2.75) is 19.8 Å². The maximum absolute atomic E-state index is 12.5. The van der Waals surface area contributed by atoms with E-state index in [0.717, 1.165) is 12.8 Å². The second kappa shape index (κ2) is 8.30. The van der Waals surface area contributed by atoms with Gasteiger partial charge in [-0.25, -0.2) is 4.79 Å². The predicted molar refractivity (Wildman–Crippen MR) is 102 cm³/mol. The van der Waals surface area contributed by atoms with Gasteiger partial charge in [0.25, 0.3) is 11.6 Å². The van der Waals surface area contributed by atoms with Crippen LogP contribution in [0.15, 0.2) is 42.5 Å². The molecule has 1 heterocycles. The number of H-pyrrole nitrogens is 1. The Morgan fingerprint density at radius 3 is 2.64 bits per heavy atom. The average Bonchev–Trinajstić information content (AvgIpc) is 3.12. The highest BCUT2D eigenvalue weighted by Gasteiger charge is 2.17. The molecule has 2 N–H and O–H groups in total. The fourth-order valence-electron chi connectivity index (χ4n) is 2.56. The Labute approximate surface area is 159 Å². The highest BCUT2D eigenvalue weighted by molar-refractivity contribution is 6.11. The molecule has 0 bridgehead atoms. The number of benzene rings is 2. The van der Waals surface area contributed by atoms with Crippen LogP contribution in [0.5, 0.6) is 0 Å². The van der Waals surface area contributed by atoms with Gasteiger partial charge < -0.3 is 10.1 Å². The molecule has 0 spiro atoms. The van der Waals surface area contributed by atoms with Crippen LogP contribution in [-0.2, 0) is 4.74 Å². The summed E-state index contributed by atoms with van der Waals surface area (Å²) in [6.45, 7) is 2.37. The third-order valence-electron chi connectivity index (χ3n) is 4.08. The monoisotopic (exact) mass is 382 g/mol. The molecule has 1 aromatic heterocycles. The number of nitrogens with one attached hydrogen (secondary N) is 2. The number of nitro groups is 1. The molecule has 0 saturated heterocycles. The summed E-state index contributed by atoms with van der Waals surface area (Å²) in [7, 11) is 0. The van der Waals surface area contributed by atoms with Crippen molar-refractivity contribution in [2.75, 3.05) is 11.9 Å². The maximum atomic E-state index is 12.5. The summed E-state index contributed by atoms with van der Waals surface area (Å²) in [6, 6.07) is 10.4. The van der Waals surface area contributed by atoms with Gasteiger partial charge in [-0.05, 0) is 36.8 Å². The van der Waals surface area contributed by atoms with Crippen LogP contribution in [0.2, 0.25) is 0 Å². The lowest BCUT2D eigenvalue weighted by Gasteiger charge is -2.06. The topological polar surface area (TPSA) is 127 Å². The summed E-state index contributed by atoms with van der Waals surface area (Å²) in [5.74, 6) is -0.943. The number of ether oxygens (including phenoxy) is 1. The van der Waals surface area contributed by atoms with Crippen LogP contribution >= 0.6 is 0 Å². The van der Waals surface area contributed by atoms with E-state index in [4.69, 9.17) is 4.74 Å². The second-order valence-corrected chi connectivity index (χ2v) is 6.08. The van der Waals surface area contributed by atoms with Gasteiger partial charge in [0.05, 0.1) is 22.6 Å². The molecule has 0 aliphatic heterocycles. The van der Waals surface area contributed by atoms with Crippen molar-refractivity contribution in [3.8, 4) is 0 Å². The lowest BCUT2D eigenvalue weighted by Crippen LogP contribution is -2.13. The number of hydrogen-bond donors (Lipinski definition) is 2. The maximum Gasteiger partial charge on any atom is 0.338 e. The number of unbranched alkanes of at least 4 members (excludes halogenated alkanes) is 1. The van der Waals surface area contributed by atoms with E-state index in [0.29, 0.717) is 28.8 Å². The van der Waals surface area contributed by atoms with E-state index in [-0.39, 0.29) is 11.4 Å². The molecule has 0 unspecified atom stereocenters. The average molecular weight is 382 g/mol. The molecule has 2 aromatic carbocycles. The van der Waals surface area contributed by atoms with E-state index in [1.165, 1.54) is 18.2 Å². The van der Waals surface area contributed by atoms with Crippen LogP contribution < -0.4 is 5.32 Å². The molecule has 9 nitrogen and oxygen atoms in total. The molecule has 0 fully saturated rings. The normalized spacial score (nSPS) is 10.6. The van der Waals surface area contributed by atoms with Gasteiger partial charge in [0.2, 0.25) is 0 Å². The molecule has 0 aliphatic carbocycles.